The maximum absolute atomic E-state index is 13.3. The van der Waals surface area contributed by atoms with Crippen molar-refractivity contribution in [3.05, 3.63) is 29.6 Å². The summed E-state index contributed by atoms with van der Waals surface area (Å²) in [5.74, 6) is 0.374. The molecule has 1 amide bonds. The molecule has 0 bridgehead atoms. The van der Waals surface area contributed by atoms with Gasteiger partial charge in [0.2, 0.25) is 21.8 Å². The van der Waals surface area contributed by atoms with Gasteiger partial charge in [-0.15, -0.1) is 0 Å². The van der Waals surface area contributed by atoms with E-state index in [0.29, 0.717) is 30.5 Å². The maximum Gasteiger partial charge on any atom is 0.248 e. The summed E-state index contributed by atoms with van der Waals surface area (Å²) in [5, 5.41) is 0.0897. The molecule has 2 aromatic rings. The van der Waals surface area contributed by atoms with Crippen LogP contribution in [0.5, 0.6) is 0 Å². The molecule has 1 aromatic heterocycles. The minimum absolute atomic E-state index is 0.0746. The molecule has 2 aliphatic heterocycles. The first-order valence-electron chi connectivity index (χ1n) is 8.33. The van der Waals surface area contributed by atoms with Gasteiger partial charge in [-0.25, -0.2) is 13.4 Å². The van der Waals surface area contributed by atoms with Crippen LogP contribution in [0.15, 0.2) is 28.0 Å². The number of allylic oxidation sites excluding steroid dienone is 1. The van der Waals surface area contributed by atoms with E-state index < -0.39 is 10.0 Å². The fourth-order valence-corrected chi connectivity index (χ4v) is 5.63. The van der Waals surface area contributed by atoms with Crippen LogP contribution in [-0.4, -0.2) is 54.2 Å². The highest BCUT2D eigenvalue weighted by Gasteiger charge is 2.41. The second-order valence-corrected chi connectivity index (χ2v) is 8.95. The van der Waals surface area contributed by atoms with E-state index in [1.807, 2.05) is 0 Å². The van der Waals surface area contributed by atoms with Gasteiger partial charge in [0.15, 0.2) is 5.58 Å². The molecule has 4 rings (SSSR count). The number of carbonyl (C=O) groups excluding carboxylic acids is 1. The third kappa shape index (κ3) is 2.64. The molecule has 3 heterocycles. The van der Waals surface area contributed by atoms with E-state index in [4.69, 9.17) is 16.0 Å². The Balaban J connectivity index is 1.77. The molecule has 0 N–H and O–H groups in total. The lowest BCUT2D eigenvalue weighted by Gasteiger charge is -2.36. The van der Waals surface area contributed by atoms with Crippen LogP contribution in [-0.2, 0) is 14.8 Å². The Bertz CT molecular complexity index is 1030. The molecule has 0 aliphatic carbocycles. The highest BCUT2D eigenvalue weighted by Crippen LogP contribution is 2.35. The zero-order valence-electron chi connectivity index (χ0n) is 14.2. The molecule has 0 spiro atoms. The SMILES string of the molecule is C=C(C)c1nc2ccc(Cl)c(S(=O)(=O)N3CCN4C(=O)CCC4C3)c2o1. The lowest BCUT2D eigenvalue weighted by Crippen LogP contribution is -2.53. The molecule has 1 unspecified atom stereocenters. The minimum atomic E-state index is -3.89. The number of hydrogen-bond acceptors (Lipinski definition) is 5. The topological polar surface area (TPSA) is 83.7 Å². The molecule has 0 saturated carbocycles. The van der Waals surface area contributed by atoms with E-state index in [1.54, 1.807) is 17.9 Å². The average molecular weight is 396 g/mol. The summed E-state index contributed by atoms with van der Waals surface area (Å²) < 4.78 is 33.6. The van der Waals surface area contributed by atoms with Crippen LogP contribution < -0.4 is 0 Å². The number of fused-ring (bicyclic) bond motifs is 2. The molecular weight excluding hydrogens is 378 g/mol. The Labute approximate surface area is 156 Å². The average Bonchev–Trinajstić information content (AvgIpc) is 3.18. The van der Waals surface area contributed by atoms with Crippen LogP contribution in [0.1, 0.15) is 25.7 Å². The zero-order valence-corrected chi connectivity index (χ0v) is 15.8. The number of benzene rings is 1. The quantitative estimate of drug-likeness (QED) is 0.797. The third-order valence-electron chi connectivity index (χ3n) is 4.88. The first-order valence-corrected chi connectivity index (χ1v) is 10.2. The summed E-state index contributed by atoms with van der Waals surface area (Å²) in [6, 6.07) is 3.06. The minimum Gasteiger partial charge on any atom is -0.435 e. The van der Waals surface area contributed by atoms with Crippen molar-refractivity contribution < 1.29 is 17.6 Å². The highest BCUT2D eigenvalue weighted by atomic mass is 35.5. The summed E-state index contributed by atoms with van der Waals surface area (Å²) >= 11 is 6.25. The Kier molecular flexibility index (Phi) is 4.09. The molecule has 0 radical (unpaired) electrons. The summed E-state index contributed by atoms with van der Waals surface area (Å²) in [6.07, 6.45) is 1.14. The van der Waals surface area contributed by atoms with Crippen LogP contribution in [0, 0.1) is 0 Å². The number of sulfonamides is 1. The van der Waals surface area contributed by atoms with E-state index in [-0.39, 0.29) is 46.4 Å². The van der Waals surface area contributed by atoms with E-state index in [0.717, 1.165) is 0 Å². The number of rotatable bonds is 3. The monoisotopic (exact) mass is 395 g/mol. The first kappa shape index (κ1) is 17.5. The number of amides is 1. The van der Waals surface area contributed by atoms with Crippen molar-refractivity contribution in [1.82, 2.24) is 14.2 Å². The molecule has 7 nitrogen and oxygen atoms in total. The van der Waals surface area contributed by atoms with Gasteiger partial charge >= 0.3 is 0 Å². The summed E-state index contributed by atoms with van der Waals surface area (Å²) in [5.41, 5.74) is 1.15. The molecule has 1 aromatic carbocycles. The van der Waals surface area contributed by atoms with E-state index >= 15 is 0 Å². The number of aromatic nitrogens is 1. The third-order valence-corrected chi connectivity index (χ3v) is 7.24. The van der Waals surface area contributed by atoms with Gasteiger partial charge in [0.1, 0.15) is 10.4 Å². The van der Waals surface area contributed by atoms with E-state index in [9.17, 15) is 13.2 Å². The van der Waals surface area contributed by atoms with Crippen molar-refractivity contribution in [1.29, 1.82) is 0 Å². The van der Waals surface area contributed by atoms with Crippen molar-refractivity contribution in [3.63, 3.8) is 0 Å². The van der Waals surface area contributed by atoms with Crippen molar-refractivity contribution in [2.75, 3.05) is 19.6 Å². The zero-order chi connectivity index (χ0) is 18.6. The number of hydrogen-bond donors (Lipinski definition) is 0. The normalized spacial score (nSPS) is 21.4. The van der Waals surface area contributed by atoms with E-state index in [2.05, 4.69) is 11.6 Å². The number of oxazole rings is 1. The van der Waals surface area contributed by atoms with Gasteiger partial charge in [-0.05, 0) is 25.5 Å². The van der Waals surface area contributed by atoms with Crippen LogP contribution >= 0.6 is 11.6 Å². The van der Waals surface area contributed by atoms with Crippen LogP contribution in [0.2, 0.25) is 5.02 Å². The predicted octanol–water partition coefficient (Wildman–Crippen LogP) is 2.51. The Hall–Kier alpha value is -1.90. The van der Waals surface area contributed by atoms with Gasteiger partial charge in [0, 0.05) is 37.7 Å². The van der Waals surface area contributed by atoms with E-state index in [1.165, 1.54) is 10.4 Å². The molecule has 1 atom stereocenters. The van der Waals surface area contributed by atoms with Crippen molar-refractivity contribution in [2.45, 2.75) is 30.7 Å². The van der Waals surface area contributed by atoms with Gasteiger partial charge in [-0.1, -0.05) is 18.2 Å². The van der Waals surface area contributed by atoms with Crippen molar-refractivity contribution in [3.8, 4) is 0 Å². The number of piperazine rings is 1. The Morgan fingerprint density at radius 1 is 1.38 bits per heavy atom. The van der Waals surface area contributed by atoms with Gasteiger partial charge < -0.3 is 9.32 Å². The Morgan fingerprint density at radius 2 is 2.15 bits per heavy atom. The second kappa shape index (κ2) is 6.07. The fourth-order valence-electron chi connectivity index (χ4n) is 3.55. The molecule has 26 heavy (non-hydrogen) atoms. The smallest absolute Gasteiger partial charge is 0.248 e. The Morgan fingerprint density at radius 3 is 2.88 bits per heavy atom. The van der Waals surface area contributed by atoms with Gasteiger partial charge in [0.25, 0.3) is 0 Å². The summed E-state index contributed by atoms with van der Waals surface area (Å²) in [4.78, 5) is 17.8. The highest BCUT2D eigenvalue weighted by molar-refractivity contribution is 7.89. The van der Waals surface area contributed by atoms with Crippen LogP contribution in [0.3, 0.4) is 0 Å². The van der Waals surface area contributed by atoms with Gasteiger partial charge in [-0.3, -0.25) is 4.79 Å². The molecule has 9 heteroatoms. The molecule has 138 valence electrons. The van der Waals surface area contributed by atoms with Gasteiger partial charge in [-0.2, -0.15) is 4.31 Å². The first-order chi connectivity index (χ1) is 12.3. The summed E-state index contributed by atoms with van der Waals surface area (Å²) in [6.45, 7) is 6.41. The van der Waals surface area contributed by atoms with Crippen LogP contribution in [0.25, 0.3) is 16.7 Å². The van der Waals surface area contributed by atoms with Crippen LogP contribution in [0.4, 0.5) is 0 Å². The fraction of sp³-hybridized carbons (Fsp3) is 0.412. The predicted molar refractivity (Wildman–Crippen MR) is 97.2 cm³/mol. The molecule has 2 aliphatic rings. The number of nitrogens with zero attached hydrogens (tertiary/aromatic N) is 3. The number of carbonyl (C=O) groups is 1. The maximum atomic E-state index is 13.3. The second-order valence-electron chi connectivity index (χ2n) is 6.67. The molecule has 2 fully saturated rings. The summed E-state index contributed by atoms with van der Waals surface area (Å²) in [7, 11) is -3.89. The van der Waals surface area contributed by atoms with Crippen molar-refractivity contribution >= 4 is 44.2 Å². The standard InChI is InChI=1S/C17H18ClN3O4S/c1-10(2)17-19-13-5-4-12(18)16(15(13)25-17)26(23,24)20-7-8-21-11(9-20)3-6-14(21)22/h4-5,11H,1,3,6-9H2,2H3. The van der Waals surface area contributed by atoms with Crippen molar-refractivity contribution in [2.24, 2.45) is 0 Å². The van der Waals surface area contributed by atoms with Gasteiger partial charge in [0.05, 0.1) is 5.02 Å². The lowest BCUT2D eigenvalue weighted by molar-refractivity contribution is -0.130. The largest absolute Gasteiger partial charge is 0.435 e. The number of halogens is 1. The molecular formula is C17H18ClN3O4S. The lowest BCUT2D eigenvalue weighted by atomic mass is 10.2. The molecule has 2 saturated heterocycles.